The number of hydrogen-bond acceptors (Lipinski definition) is 5. The minimum Gasteiger partial charge on any atom is -0.478 e. The molecule has 0 atom stereocenters. The topological polar surface area (TPSA) is 101 Å². The van der Waals surface area contributed by atoms with Gasteiger partial charge in [0.2, 0.25) is 12.3 Å². The van der Waals surface area contributed by atoms with Crippen LogP contribution in [0, 0.1) is 28.4 Å². The number of fused-ring (bicyclic) bond motifs is 1. The number of rotatable bonds is 10. The highest BCUT2D eigenvalue weighted by Gasteiger charge is 2.51. The maximum absolute atomic E-state index is 15.5. The van der Waals surface area contributed by atoms with Crippen LogP contribution in [0.3, 0.4) is 0 Å². The maximum atomic E-state index is 15.5. The molecule has 0 aliphatic heterocycles. The number of aromatic nitrogens is 3. The van der Waals surface area contributed by atoms with E-state index in [-0.39, 0.29) is 47.7 Å². The molecule has 0 unspecified atom stereocenters. The number of nitriles is 1. The largest absolute Gasteiger partial charge is 0.478 e. The highest BCUT2D eigenvalue weighted by atomic mass is 19.3. The summed E-state index contributed by atoms with van der Waals surface area (Å²) in [6.07, 6.45) is -1.88. The fourth-order valence-corrected chi connectivity index (χ4v) is 5.10. The first kappa shape index (κ1) is 28.9. The second-order valence-electron chi connectivity index (χ2n) is 10.8. The van der Waals surface area contributed by atoms with Crippen LogP contribution in [0.2, 0.25) is 0 Å². The highest BCUT2D eigenvalue weighted by Crippen LogP contribution is 2.52. The van der Waals surface area contributed by atoms with E-state index < -0.39 is 29.4 Å². The Hall–Kier alpha value is -5.24. The number of imidazole rings is 1. The molecule has 2 heterocycles. The molecule has 1 aliphatic carbocycles. The van der Waals surface area contributed by atoms with Crippen molar-refractivity contribution in [2.75, 3.05) is 0 Å². The minimum absolute atomic E-state index is 0.00313. The molecule has 1 fully saturated rings. The third kappa shape index (κ3) is 5.71. The number of carboxylic acid groups (broad SMARTS) is 1. The van der Waals surface area contributed by atoms with Crippen molar-refractivity contribution in [3.05, 3.63) is 113 Å². The van der Waals surface area contributed by atoms with Gasteiger partial charge in [-0.3, -0.25) is 0 Å². The predicted octanol–water partition coefficient (Wildman–Crippen LogP) is 7.16. The third-order valence-electron chi connectivity index (χ3n) is 7.88. The lowest BCUT2D eigenvalue weighted by molar-refractivity contribution is 0.0514. The van der Waals surface area contributed by atoms with Crippen molar-refractivity contribution >= 4 is 17.0 Å². The fourth-order valence-electron chi connectivity index (χ4n) is 5.10. The summed E-state index contributed by atoms with van der Waals surface area (Å²) in [5, 5.41) is 18.4. The predicted molar refractivity (Wildman–Crippen MR) is 152 cm³/mol. The fraction of sp³-hybridized carbons (Fsp3) is 0.212. The van der Waals surface area contributed by atoms with Crippen LogP contribution in [0.25, 0.3) is 22.3 Å². The summed E-state index contributed by atoms with van der Waals surface area (Å²) >= 11 is 0. The maximum Gasteiger partial charge on any atom is 0.335 e. The van der Waals surface area contributed by atoms with Gasteiger partial charge < -0.3 is 14.4 Å². The minimum atomic E-state index is -2.55. The van der Waals surface area contributed by atoms with Gasteiger partial charge in [0, 0.05) is 35.6 Å². The summed E-state index contributed by atoms with van der Waals surface area (Å²) in [6, 6.07) is 19.7. The molecular weight excluding hydrogens is 576 g/mol. The molecule has 1 aliphatic rings. The molecule has 7 nitrogen and oxygen atoms in total. The van der Waals surface area contributed by atoms with E-state index >= 15 is 4.39 Å². The Kier molecular flexibility index (Phi) is 7.51. The number of benzene rings is 3. The summed E-state index contributed by atoms with van der Waals surface area (Å²) in [5.74, 6) is -1.74. The SMILES string of the molecule is N#Cc1ccc(COc2cccc(-c3ccc(Cc4nc5ccc(C(=O)O)cc5n4CC4(C(F)F)CC4)c(F)c3)n2)c(F)c1. The molecule has 2 aromatic heterocycles. The van der Waals surface area contributed by atoms with Gasteiger partial charge in [-0.2, -0.15) is 5.26 Å². The van der Waals surface area contributed by atoms with Gasteiger partial charge in [0.15, 0.2) is 0 Å². The van der Waals surface area contributed by atoms with Gasteiger partial charge in [-0.15, -0.1) is 0 Å². The lowest BCUT2D eigenvalue weighted by Gasteiger charge is -2.18. The number of halogens is 4. The normalized spacial score (nSPS) is 13.6. The average molecular weight is 601 g/mol. The van der Waals surface area contributed by atoms with E-state index in [1.807, 2.05) is 6.07 Å². The molecular formula is C33H24F4N4O3. The van der Waals surface area contributed by atoms with Crippen molar-refractivity contribution in [3.63, 3.8) is 0 Å². The first-order chi connectivity index (χ1) is 21.2. The quantitative estimate of drug-likeness (QED) is 0.171. The van der Waals surface area contributed by atoms with Gasteiger partial charge in [-0.1, -0.05) is 24.3 Å². The smallest absolute Gasteiger partial charge is 0.335 e. The van der Waals surface area contributed by atoms with Crippen molar-refractivity contribution in [2.24, 2.45) is 5.41 Å². The van der Waals surface area contributed by atoms with Crippen LogP contribution >= 0.6 is 0 Å². The van der Waals surface area contributed by atoms with E-state index in [1.165, 1.54) is 36.4 Å². The number of alkyl halides is 2. The van der Waals surface area contributed by atoms with Crippen LogP contribution in [0.5, 0.6) is 5.88 Å². The molecule has 6 rings (SSSR count). The van der Waals surface area contributed by atoms with Gasteiger partial charge in [0.1, 0.15) is 24.1 Å². The number of nitrogens with zero attached hydrogens (tertiary/aromatic N) is 4. The van der Waals surface area contributed by atoms with Gasteiger partial charge >= 0.3 is 5.97 Å². The molecule has 0 bridgehead atoms. The molecule has 0 saturated heterocycles. The van der Waals surface area contributed by atoms with E-state index in [2.05, 4.69) is 9.97 Å². The Labute approximate surface area is 249 Å². The first-order valence-electron chi connectivity index (χ1n) is 13.7. The van der Waals surface area contributed by atoms with E-state index in [0.29, 0.717) is 41.0 Å². The van der Waals surface area contributed by atoms with Crippen molar-refractivity contribution in [1.29, 1.82) is 5.26 Å². The molecule has 3 aromatic carbocycles. The van der Waals surface area contributed by atoms with Gasteiger partial charge in [-0.05, 0) is 60.9 Å². The lowest BCUT2D eigenvalue weighted by atomic mass is 10.0. The third-order valence-corrected chi connectivity index (χ3v) is 7.88. The monoisotopic (exact) mass is 600 g/mol. The average Bonchev–Trinajstić information content (AvgIpc) is 3.74. The Morgan fingerprint density at radius 3 is 2.45 bits per heavy atom. The number of carboxylic acids is 1. The Bertz CT molecular complexity index is 1950. The number of hydrogen-bond donors (Lipinski definition) is 1. The molecule has 222 valence electrons. The van der Waals surface area contributed by atoms with Crippen LogP contribution in [-0.2, 0) is 19.6 Å². The van der Waals surface area contributed by atoms with Crippen molar-refractivity contribution in [3.8, 4) is 23.2 Å². The number of carbonyl (C=O) groups is 1. The Morgan fingerprint density at radius 1 is 1.00 bits per heavy atom. The zero-order valence-corrected chi connectivity index (χ0v) is 23.1. The van der Waals surface area contributed by atoms with Crippen LogP contribution in [-0.4, -0.2) is 32.0 Å². The number of aromatic carboxylic acids is 1. The standard InChI is InChI=1S/C33H24F4N4O3/c34-24-12-19(16-38)4-5-23(24)17-44-30-3-1-2-26(40-30)21-7-6-20(25(35)13-21)15-29-39-27-9-8-22(31(42)43)14-28(27)41(29)18-33(10-11-33)32(36)37/h1-9,12-14,32H,10-11,15,17-18H2,(H,42,43). The summed E-state index contributed by atoms with van der Waals surface area (Å²) in [4.78, 5) is 20.5. The molecule has 1 N–H and O–H groups in total. The van der Waals surface area contributed by atoms with Crippen LogP contribution < -0.4 is 4.74 Å². The summed E-state index contributed by atoms with van der Waals surface area (Å²) in [5.41, 5.74) is 1.22. The van der Waals surface area contributed by atoms with Gasteiger partial charge in [-0.25, -0.2) is 32.3 Å². The van der Waals surface area contributed by atoms with Crippen LogP contribution in [0.15, 0.2) is 72.8 Å². The Balaban J connectivity index is 1.25. The summed E-state index contributed by atoms with van der Waals surface area (Å²) in [6.45, 7) is -0.175. The van der Waals surface area contributed by atoms with Crippen molar-refractivity contribution in [2.45, 2.75) is 38.8 Å². The van der Waals surface area contributed by atoms with E-state index in [9.17, 15) is 23.1 Å². The highest BCUT2D eigenvalue weighted by molar-refractivity contribution is 5.92. The number of ether oxygens (including phenoxy) is 1. The Morgan fingerprint density at radius 2 is 1.77 bits per heavy atom. The molecule has 5 aromatic rings. The molecule has 0 spiro atoms. The zero-order valence-electron chi connectivity index (χ0n) is 23.1. The van der Waals surface area contributed by atoms with E-state index in [1.54, 1.807) is 34.9 Å². The number of pyridine rings is 1. The lowest BCUT2D eigenvalue weighted by Crippen LogP contribution is -2.21. The second-order valence-corrected chi connectivity index (χ2v) is 10.8. The van der Waals surface area contributed by atoms with E-state index in [4.69, 9.17) is 10.00 Å². The molecule has 11 heteroatoms. The summed E-state index contributed by atoms with van der Waals surface area (Å²) < 4.78 is 64.7. The van der Waals surface area contributed by atoms with Crippen LogP contribution in [0.4, 0.5) is 17.6 Å². The van der Waals surface area contributed by atoms with Crippen LogP contribution in [0.1, 0.15) is 45.7 Å². The van der Waals surface area contributed by atoms with Gasteiger partial charge in [0.05, 0.1) is 33.9 Å². The summed E-state index contributed by atoms with van der Waals surface area (Å²) in [7, 11) is 0. The molecule has 1 saturated carbocycles. The van der Waals surface area contributed by atoms with Crippen molar-refractivity contribution < 1.29 is 32.2 Å². The second kappa shape index (κ2) is 11.4. The molecule has 44 heavy (non-hydrogen) atoms. The molecule has 0 amide bonds. The first-order valence-corrected chi connectivity index (χ1v) is 13.7. The van der Waals surface area contributed by atoms with Crippen molar-refractivity contribution in [1.82, 2.24) is 14.5 Å². The zero-order chi connectivity index (χ0) is 31.0. The molecule has 0 radical (unpaired) electrons. The van der Waals surface area contributed by atoms with E-state index in [0.717, 1.165) is 6.07 Å². The van der Waals surface area contributed by atoms with Gasteiger partial charge in [0.25, 0.3) is 0 Å².